The lowest BCUT2D eigenvalue weighted by atomic mass is 10.0. The normalized spacial score (nSPS) is 11.5. The Morgan fingerprint density at radius 2 is 1.88 bits per heavy atom. The Bertz CT molecular complexity index is 338. The van der Waals surface area contributed by atoms with Crippen molar-refractivity contribution >= 4 is 18.3 Å². The SMILES string of the molecule is CCC(NC(=O)CNC)c1ccc(C)cc1.Cl. The fourth-order valence-electron chi connectivity index (χ4n) is 1.63. The number of halogens is 1. The second-order valence-electron chi connectivity index (χ2n) is 3.97. The van der Waals surface area contributed by atoms with Gasteiger partial charge >= 0.3 is 0 Å². The maximum Gasteiger partial charge on any atom is 0.234 e. The van der Waals surface area contributed by atoms with Crippen molar-refractivity contribution in [2.24, 2.45) is 0 Å². The Hall–Kier alpha value is -1.06. The second-order valence-corrected chi connectivity index (χ2v) is 3.97. The molecule has 4 heteroatoms. The molecule has 1 aromatic rings. The van der Waals surface area contributed by atoms with Gasteiger partial charge in [-0.2, -0.15) is 0 Å². The molecular formula is C13H21ClN2O. The standard InChI is InChI=1S/C13H20N2O.ClH/c1-4-12(15-13(16)9-14-3)11-7-5-10(2)6-8-11;/h5-8,12,14H,4,9H2,1-3H3,(H,15,16);1H. The maximum atomic E-state index is 11.5. The van der Waals surface area contributed by atoms with Crippen LogP contribution in [0.1, 0.15) is 30.5 Å². The lowest BCUT2D eigenvalue weighted by Crippen LogP contribution is -2.34. The van der Waals surface area contributed by atoms with E-state index in [2.05, 4.69) is 48.7 Å². The highest BCUT2D eigenvalue weighted by atomic mass is 35.5. The first-order chi connectivity index (χ1) is 7.67. The van der Waals surface area contributed by atoms with Gasteiger partial charge in [-0.15, -0.1) is 12.4 Å². The third kappa shape index (κ3) is 5.20. The third-order valence-electron chi connectivity index (χ3n) is 2.56. The first-order valence-electron chi connectivity index (χ1n) is 5.68. The molecule has 0 saturated heterocycles. The molecule has 2 N–H and O–H groups in total. The van der Waals surface area contributed by atoms with Crippen molar-refractivity contribution < 1.29 is 4.79 Å². The van der Waals surface area contributed by atoms with Crippen molar-refractivity contribution in [3.05, 3.63) is 35.4 Å². The van der Waals surface area contributed by atoms with E-state index in [4.69, 9.17) is 0 Å². The van der Waals surface area contributed by atoms with E-state index in [9.17, 15) is 4.79 Å². The molecule has 17 heavy (non-hydrogen) atoms. The summed E-state index contributed by atoms with van der Waals surface area (Å²) >= 11 is 0. The number of hydrogen-bond donors (Lipinski definition) is 2. The Labute approximate surface area is 109 Å². The van der Waals surface area contributed by atoms with Crippen LogP contribution in [0.3, 0.4) is 0 Å². The Morgan fingerprint density at radius 3 is 2.35 bits per heavy atom. The number of amides is 1. The molecule has 0 fully saturated rings. The highest BCUT2D eigenvalue weighted by Crippen LogP contribution is 2.16. The van der Waals surface area contributed by atoms with Crippen molar-refractivity contribution in [2.75, 3.05) is 13.6 Å². The Morgan fingerprint density at radius 1 is 1.29 bits per heavy atom. The predicted octanol–water partition coefficient (Wildman–Crippen LogP) is 2.20. The first-order valence-corrected chi connectivity index (χ1v) is 5.68. The van der Waals surface area contributed by atoms with Crippen molar-refractivity contribution in [3.8, 4) is 0 Å². The van der Waals surface area contributed by atoms with Gasteiger partial charge in [0, 0.05) is 0 Å². The topological polar surface area (TPSA) is 41.1 Å². The fourth-order valence-corrected chi connectivity index (χ4v) is 1.63. The minimum absolute atomic E-state index is 0. The van der Waals surface area contributed by atoms with Gasteiger partial charge in [-0.25, -0.2) is 0 Å². The van der Waals surface area contributed by atoms with Crippen molar-refractivity contribution in [2.45, 2.75) is 26.3 Å². The molecule has 0 spiro atoms. The largest absolute Gasteiger partial charge is 0.348 e. The zero-order valence-electron chi connectivity index (χ0n) is 10.6. The van der Waals surface area contributed by atoms with Gasteiger partial charge in [0.2, 0.25) is 5.91 Å². The molecule has 1 amide bonds. The highest BCUT2D eigenvalue weighted by Gasteiger charge is 2.11. The van der Waals surface area contributed by atoms with E-state index in [1.165, 1.54) is 5.56 Å². The molecule has 1 aromatic carbocycles. The summed E-state index contributed by atoms with van der Waals surface area (Å²) in [7, 11) is 1.77. The fraction of sp³-hybridized carbons (Fsp3) is 0.462. The molecule has 3 nitrogen and oxygen atoms in total. The summed E-state index contributed by atoms with van der Waals surface area (Å²) in [4.78, 5) is 11.5. The highest BCUT2D eigenvalue weighted by molar-refractivity contribution is 5.85. The van der Waals surface area contributed by atoms with Crippen LogP contribution in [0.2, 0.25) is 0 Å². The van der Waals surface area contributed by atoms with Gasteiger partial charge < -0.3 is 10.6 Å². The molecule has 0 saturated carbocycles. The summed E-state index contributed by atoms with van der Waals surface area (Å²) in [6.07, 6.45) is 0.901. The summed E-state index contributed by atoms with van der Waals surface area (Å²) in [5, 5.41) is 5.85. The summed E-state index contributed by atoms with van der Waals surface area (Å²) in [6.45, 7) is 4.50. The Balaban J connectivity index is 0.00000256. The minimum atomic E-state index is 0. The van der Waals surface area contributed by atoms with Crippen molar-refractivity contribution in [1.82, 2.24) is 10.6 Å². The van der Waals surface area contributed by atoms with E-state index in [0.29, 0.717) is 6.54 Å². The van der Waals surface area contributed by atoms with E-state index in [0.717, 1.165) is 12.0 Å². The van der Waals surface area contributed by atoms with E-state index in [-0.39, 0.29) is 24.4 Å². The average molecular weight is 257 g/mol. The molecular weight excluding hydrogens is 236 g/mol. The van der Waals surface area contributed by atoms with Gasteiger partial charge in [-0.05, 0) is 26.0 Å². The molecule has 0 heterocycles. The average Bonchev–Trinajstić information content (AvgIpc) is 2.27. The van der Waals surface area contributed by atoms with Gasteiger partial charge in [0.15, 0.2) is 0 Å². The molecule has 0 aromatic heterocycles. The van der Waals surface area contributed by atoms with Crippen LogP contribution in [-0.2, 0) is 4.79 Å². The molecule has 1 rings (SSSR count). The molecule has 1 unspecified atom stereocenters. The molecule has 0 bridgehead atoms. The van der Waals surface area contributed by atoms with Crippen LogP contribution in [0.4, 0.5) is 0 Å². The number of aryl methyl sites for hydroxylation is 1. The summed E-state index contributed by atoms with van der Waals surface area (Å²) in [5.41, 5.74) is 2.40. The first kappa shape index (κ1) is 15.9. The van der Waals surface area contributed by atoms with Crippen molar-refractivity contribution in [3.63, 3.8) is 0 Å². The molecule has 0 aliphatic heterocycles. The summed E-state index contributed by atoms with van der Waals surface area (Å²) in [5.74, 6) is 0.0370. The minimum Gasteiger partial charge on any atom is -0.348 e. The monoisotopic (exact) mass is 256 g/mol. The molecule has 1 atom stereocenters. The number of likely N-dealkylation sites (N-methyl/N-ethyl adjacent to an activating group) is 1. The van der Waals surface area contributed by atoms with Crippen LogP contribution >= 0.6 is 12.4 Å². The quantitative estimate of drug-likeness (QED) is 0.848. The smallest absolute Gasteiger partial charge is 0.234 e. The maximum absolute atomic E-state index is 11.5. The van der Waals surface area contributed by atoms with Crippen molar-refractivity contribution in [1.29, 1.82) is 0 Å². The van der Waals surface area contributed by atoms with E-state index >= 15 is 0 Å². The number of rotatable bonds is 5. The molecule has 0 aliphatic rings. The van der Waals surface area contributed by atoms with Gasteiger partial charge in [0.05, 0.1) is 12.6 Å². The van der Waals surface area contributed by atoms with E-state index in [1.807, 2.05) is 0 Å². The van der Waals surface area contributed by atoms with Crippen LogP contribution in [-0.4, -0.2) is 19.5 Å². The zero-order valence-corrected chi connectivity index (χ0v) is 11.4. The number of hydrogen-bond acceptors (Lipinski definition) is 2. The van der Waals surface area contributed by atoms with Crippen LogP contribution in [0.15, 0.2) is 24.3 Å². The van der Waals surface area contributed by atoms with Gasteiger partial charge in [-0.1, -0.05) is 36.8 Å². The predicted molar refractivity (Wildman–Crippen MR) is 73.5 cm³/mol. The van der Waals surface area contributed by atoms with Gasteiger partial charge in [0.1, 0.15) is 0 Å². The number of benzene rings is 1. The van der Waals surface area contributed by atoms with Gasteiger partial charge in [-0.3, -0.25) is 4.79 Å². The van der Waals surface area contributed by atoms with E-state index < -0.39 is 0 Å². The Kier molecular flexibility index (Phi) is 7.59. The molecule has 0 radical (unpaired) electrons. The second kappa shape index (κ2) is 8.09. The lowest BCUT2D eigenvalue weighted by molar-refractivity contribution is -0.120. The summed E-state index contributed by atoms with van der Waals surface area (Å²) in [6, 6.07) is 8.40. The molecule has 0 aliphatic carbocycles. The van der Waals surface area contributed by atoms with Gasteiger partial charge in [0.25, 0.3) is 0 Å². The number of nitrogens with one attached hydrogen (secondary N) is 2. The summed E-state index contributed by atoms with van der Waals surface area (Å²) < 4.78 is 0. The van der Waals surface area contributed by atoms with Crippen LogP contribution < -0.4 is 10.6 Å². The molecule has 96 valence electrons. The third-order valence-corrected chi connectivity index (χ3v) is 2.56. The number of carbonyl (C=O) groups is 1. The number of carbonyl (C=O) groups excluding carboxylic acids is 1. The lowest BCUT2D eigenvalue weighted by Gasteiger charge is -2.17. The zero-order chi connectivity index (χ0) is 12.0. The van der Waals surface area contributed by atoms with Crippen LogP contribution in [0, 0.1) is 6.92 Å². The van der Waals surface area contributed by atoms with Crippen LogP contribution in [0.25, 0.3) is 0 Å². The van der Waals surface area contributed by atoms with E-state index in [1.54, 1.807) is 7.05 Å². The van der Waals surface area contributed by atoms with Crippen LogP contribution in [0.5, 0.6) is 0 Å².